The summed E-state index contributed by atoms with van der Waals surface area (Å²) in [5.74, 6) is 0. The number of sulfonamides is 1. The smallest absolute Gasteiger partial charge is 0.239 e. The van der Waals surface area contributed by atoms with Crippen LogP contribution in [-0.2, 0) is 16.6 Å². The van der Waals surface area contributed by atoms with E-state index in [0.29, 0.717) is 16.4 Å². The van der Waals surface area contributed by atoms with Crippen LogP contribution in [0.4, 0.5) is 0 Å². The summed E-state index contributed by atoms with van der Waals surface area (Å²) in [7, 11) is -3.62. The molecule has 0 aliphatic heterocycles. The summed E-state index contributed by atoms with van der Waals surface area (Å²) >= 11 is 5.80. The average molecular weight is 339 g/mol. The number of H-pyrrole nitrogens is 1. The zero-order chi connectivity index (χ0) is 15.6. The molecule has 2 heterocycles. The summed E-state index contributed by atoms with van der Waals surface area (Å²) in [4.78, 5) is 0.151. The minimum absolute atomic E-state index is 0.0648. The van der Waals surface area contributed by atoms with Gasteiger partial charge in [0, 0.05) is 6.20 Å². The Morgan fingerprint density at radius 1 is 1.23 bits per heavy atom. The van der Waals surface area contributed by atoms with Gasteiger partial charge in [-0.15, -0.1) is 0 Å². The number of benzene rings is 1. The third kappa shape index (κ3) is 3.16. The molecule has 2 N–H and O–H groups in total. The van der Waals surface area contributed by atoms with E-state index >= 15 is 0 Å². The van der Waals surface area contributed by atoms with E-state index < -0.39 is 10.0 Å². The Bertz CT molecular complexity index is 857. The zero-order valence-electron chi connectivity index (χ0n) is 11.1. The monoisotopic (exact) mass is 338 g/mol. The van der Waals surface area contributed by atoms with Gasteiger partial charge < -0.3 is 0 Å². The molecular formula is C12H11ClN6O2S. The Balaban J connectivity index is 1.76. The molecule has 0 amide bonds. The number of rotatable bonds is 5. The first kappa shape index (κ1) is 14.7. The van der Waals surface area contributed by atoms with Crippen molar-refractivity contribution in [3.63, 3.8) is 0 Å². The third-order valence-electron chi connectivity index (χ3n) is 2.87. The molecular weight excluding hydrogens is 328 g/mol. The molecule has 10 heteroatoms. The lowest BCUT2D eigenvalue weighted by Crippen LogP contribution is -2.23. The number of halogens is 1. The molecule has 0 saturated carbocycles. The van der Waals surface area contributed by atoms with Crippen molar-refractivity contribution in [1.82, 2.24) is 29.9 Å². The molecule has 22 heavy (non-hydrogen) atoms. The molecule has 0 saturated heterocycles. The molecule has 3 rings (SSSR count). The highest BCUT2D eigenvalue weighted by Gasteiger charge is 2.14. The van der Waals surface area contributed by atoms with Crippen molar-refractivity contribution in [3.05, 3.63) is 53.6 Å². The summed E-state index contributed by atoms with van der Waals surface area (Å²) in [6, 6.07) is 6.29. The Hall–Kier alpha value is -2.23. The van der Waals surface area contributed by atoms with Crippen LogP contribution >= 0.6 is 11.6 Å². The first-order valence-corrected chi connectivity index (χ1v) is 8.06. The van der Waals surface area contributed by atoms with Gasteiger partial charge in [0.05, 0.1) is 40.2 Å². The molecule has 114 valence electrons. The highest BCUT2D eigenvalue weighted by atomic mass is 35.5. The second-order valence-electron chi connectivity index (χ2n) is 4.38. The number of hydrogen-bond donors (Lipinski definition) is 2. The lowest BCUT2D eigenvalue weighted by molar-refractivity contribution is 0.580. The molecule has 0 fully saturated rings. The van der Waals surface area contributed by atoms with Crippen LogP contribution in [0.2, 0.25) is 5.02 Å². The fourth-order valence-electron chi connectivity index (χ4n) is 1.78. The van der Waals surface area contributed by atoms with Gasteiger partial charge in [0.25, 0.3) is 0 Å². The van der Waals surface area contributed by atoms with Crippen molar-refractivity contribution < 1.29 is 8.42 Å². The van der Waals surface area contributed by atoms with Crippen LogP contribution in [0.15, 0.2) is 47.8 Å². The van der Waals surface area contributed by atoms with Crippen molar-refractivity contribution in [1.29, 1.82) is 0 Å². The molecule has 0 unspecified atom stereocenters. The molecule has 0 radical (unpaired) electrons. The Morgan fingerprint density at radius 2 is 2.00 bits per heavy atom. The minimum atomic E-state index is -3.62. The van der Waals surface area contributed by atoms with Crippen LogP contribution in [0.3, 0.4) is 0 Å². The first-order chi connectivity index (χ1) is 10.5. The number of hydrogen-bond acceptors (Lipinski definition) is 5. The molecule has 2 aromatic heterocycles. The van der Waals surface area contributed by atoms with Crippen molar-refractivity contribution in [2.24, 2.45) is 0 Å². The topological polar surface area (TPSA) is 106 Å². The van der Waals surface area contributed by atoms with Gasteiger partial charge >= 0.3 is 0 Å². The van der Waals surface area contributed by atoms with Gasteiger partial charge in [-0.25, -0.2) is 17.8 Å². The highest BCUT2D eigenvalue weighted by molar-refractivity contribution is 7.89. The van der Waals surface area contributed by atoms with Crippen molar-refractivity contribution >= 4 is 21.6 Å². The quantitative estimate of drug-likeness (QED) is 0.725. The van der Waals surface area contributed by atoms with E-state index in [9.17, 15) is 8.42 Å². The molecule has 0 aliphatic rings. The van der Waals surface area contributed by atoms with Crippen LogP contribution in [0.5, 0.6) is 0 Å². The summed E-state index contributed by atoms with van der Waals surface area (Å²) in [6.07, 6.45) is 4.59. The van der Waals surface area contributed by atoms with Crippen LogP contribution in [0.1, 0.15) is 5.69 Å². The van der Waals surface area contributed by atoms with E-state index in [0.717, 1.165) is 0 Å². The number of aromatic amines is 1. The lowest BCUT2D eigenvalue weighted by atomic mass is 10.3. The van der Waals surface area contributed by atoms with Crippen LogP contribution in [0.25, 0.3) is 5.69 Å². The Kier molecular flexibility index (Phi) is 3.92. The zero-order valence-corrected chi connectivity index (χ0v) is 12.7. The van der Waals surface area contributed by atoms with Crippen molar-refractivity contribution in [2.75, 3.05) is 0 Å². The van der Waals surface area contributed by atoms with Crippen LogP contribution < -0.4 is 4.72 Å². The van der Waals surface area contributed by atoms with Gasteiger partial charge in [0.2, 0.25) is 10.0 Å². The minimum Gasteiger partial charge on any atom is -0.239 e. The molecule has 0 spiro atoms. The molecule has 0 atom stereocenters. The van der Waals surface area contributed by atoms with Gasteiger partial charge in [-0.2, -0.15) is 20.5 Å². The van der Waals surface area contributed by atoms with Crippen LogP contribution in [-0.4, -0.2) is 33.6 Å². The molecule has 0 bridgehead atoms. The van der Waals surface area contributed by atoms with Gasteiger partial charge in [-0.3, -0.25) is 0 Å². The fourth-order valence-corrected chi connectivity index (χ4v) is 2.92. The lowest BCUT2D eigenvalue weighted by Gasteiger charge is -2.06. The van der Waals surface area contributed by atoms with Gasteiger partial charge in [-0.1, -0.05) is 11.6 Å². The van der Waals surface area contributed by atoms with E-state index in [2.05, 4.69) is 25.2 Å². The van der Waals surface area contributed by atoms with Crippen molar-refractivity contribution in [2.45, 2.75) is 11.4 Å². The summed E-state index contributed by atoms with van der Waals surface area (Å²) in [5.41, 5.74) is 1.22. The molecule has 1 aromatic carbocycles. The highest BCUT2D eigenvalue weighted by Crippen LogP contribution is 2.15. The summed E-state index contributed by atoms with van der Waals surface area (Å²) < 4.78 is 28.3. The molecule has 8 nitrogen and oxygen atoms in total. The standard InChI is InChI=1S/C12H11ClN6O2S/c13-9-5-15-19(8-9)11-1-3-12(4-2-11)22(20,21)16-7-10-6-14-18-17-10/h1-6,8,16H,7H2,(H,14,17,18). The summed E-state index contributed by atoms with van der Waals surface area (Å²) in [6.45, 7) is 0.0648. The average Bonchev–Trinajstić information content (AvgIpc) is 3.17. The van der Waals surface area contributed by atoms with Gasteiger partial charge in [0.15, 0.2) is 0 Å². The second kappa shape index (κ2) is 5.87. The Morgan fingerprint density at radius 3 is 2.59 bits per heavy atom. The molecule has 3 aromatic rings. The SMILES string of the molecule is O=S(=O)(NCc1cn[nH]n1)c1ccc(-n2cc(Cl)cn2)cc1. The van der Waals surface area contributed by atoms with Crippen LogP contribution in [0, 0.1) is 0 Å². The Labute approximate surface area is 131 Å². The summed E-state index contributed by atoms with van der Waals surface area (Å²) in [5, 5.41) is 14.4. The second-order valence-corrected chi connectivity index (χ2v) is 6.59. The predicted octanol–water partition coefficient (Wildman–Crippen LogP) is 1.12. The van der Waals surface area contributed by atoms with Crippen molar-refractivity contribution in [3.8, 4) is 5.69 Å². The van der Waals surface area contributed by atoms with E-state index in [1.54, 1.807) is 23.0 Å². The third-order valence-corrected chi connectivity index (χ3v) is 4.48. The van der Waals surface area contributed by atoms with E-state index in [-0.39, 0.29) is 11.4 Å². The fraction of sp³-hybridized carbons (Fsp3) is 0.0833. The normalized spacial score (nSPS) is 11.7. The van der Waals surface area contributed by atoms with Gasteiger partial charge in [0.1, 0.15) is 0 Å². The number of aromatic nitrogens is 5. The first-order valence-electron chi connectivity index (χ1n) is 6.19. The number of nitrogens with zero attached hydrogens (tertiary/aromatic N) is 4. The van der Waals surface area contributed by atoms with E-state index in [1.807, 2.05) is 0 Å². The largest absolute Gasteiger partial charge is 0.240 e. The predicted molar refractivity (Wildman–Crippen MR) is 79.0 cm³/mol. The number of nitrogens with one attached hydrogen (secondary N) is 2. The maximum atomic E-state index is 12.2. The molecule has 0 aliphatic carbocycles. The van der Waals surface area contributed by atoms with E-state index in [1.165, 1.54) is 24.5 Å². The maximum Gasteiger partial charge on any atom is 0.240 e. The van der Waals surface area contributed by atoms with Gasteiger partial charge in [-0.05, 0) is 24.3 Å². The van der Waals surface area contributed by atoms with E-state index in [4.69, 9.17) is 11.6 Å². The maximum absolute atomic E-state index is 12.2.